The van der Waals surface area contributed by atoms with Gasteiger partial charge in [-0.1, -0.05) is 107 Å². The van der Waals surface area contributed by atoms with E-state index in [0.717, 1.165) is 63.6 Å². The maximum Gasteiger partial charge on any atom is 0.244 e. The smallest absolute Gasteiger partial charge is 0.244 e. The highest BCUT2D eigenvalue weighted by molar-refractivity contribution is 7.89. The molecule has 0 atom stereocenters. The van der Waals surface area contributed by atoms with E-state index in [-0.39, 0.29) is 52.0 Å². The molecule has 494 valence electrons. The van der Waals surface area contributed by atoms with Gasteiger partial charge in [0.25, 0.3) is 0 Å². The van der Waals surface area contributed by atoms with Crippen LogP contribution in [0.4, 0.5) is 46.0 Å². The van der Waals surface area contributed by atoms with E-state index in [1.807, 2.05) is 24.3 Å². The van der Waals surface area contributed by atoms with Crippen molar-refractivity contribution in [3.8, 4) is 0 Å². The Balaban J connectivity index is 0.000000198. The SMILES string of the molecule is CN(C)S(=O)(=O)c1ccccc1N.CN(C)S(=O)(=O)c1ccccc1Nc1nc(Cl)ncc1Cl.CN(C)S(=O)(=O)c1ccccc1Nc1nc(Nc2ccc(CN3CCNCC3)cc2)ncc1Cl.CN1CCN(Cc2ccc(N)cc2)CC1.Clc1ncc(Cl)c(Cl)n1. The first kappa shape index (κ1) is 74.7. The van der Waals surface area contributed by atoms with Crippen LogP contribution < -0.4 is 32.7 Å². The van der Waals surface area contributed by atoms with E-state index < -0.39 is 30.1 Å². The van der Waals surface area contributed by atoms with Crippen LogP contribution in [0.3, 0.4) is 0 Å². The lowest BCUT2D eigenvalue weighted by Crippen LogP contribution is -2.43. The summed E-state index contributed by atoms with van der Waals surface area (Å²) in [4.78, 5) is 31.2. The fourth-order valence-electron chi connectivity index (χ4n) is 8.26. The lowest BCUT2D eigenvalue weighted by Gasteiger charge is -2.32. The van der Waals surface area contributed by atoms with Gasteiger partial charge in [-0.25, -0.2) is 58.1 Å². The fourth-order valence-corrected chi connectivity index (χ4v) is 12.2. The molecule has 2 aliphatic rings. The first-order valence-electron chi connectivity index (χ1n) is 28.0. The van der Waals surface area contributed by atoms with Crippen molar-refractivity contribution >= 4 is 146 Å². The van der Waals surface area contributed by atoms with E-state index in [1.54, 1.807) is 54.6 Å². The minimum atomic E-state index is -3.65. The molecule has 0 unspecified atom stereocenters. The molecule has 8 aromatic rings. The molecule has 5 heterocycles. The summed E-state index contributed by atoms with van der Waals surface area (Å²) >= 11 is 34.3. The van der Waals surface area contributed by atoms with Crippen LogP contribution in [0.2, 0.25) is 30.8 Å². The van der Waals surface area contributed by atoms with Crippen molar-refractivity contribution in [3.63, 3.8) is 0 Å². The monoisotopic (exact) mass is 1430 g/mol. The van der Waals surface area contributed by atoms with Crippen LogP contribution in [0.25, 0.3) is 0 Å². The molecule has 3 aromatic heterocycles. The molecule has 92 heavy (non-hydrogen) atoms. The predicted octanol–water partition coefficient (Wildman–Crippen LogP) is 10.0. The van der Waals surface area contributed by atoms with Gasteiger partial charge in [-0.15, -0.1) is 0 Å². The van der Waals surface area contributed by atoms with Gasteiger partial charge >= 0.3 is 0 Å². The molecule has 0 aliphatic carbocycles. The third-order valence-corrected chi connectivity index (χ3v) is 20.6. The largest absolute Gasteiger partial charge is 0.399 e. The summed E-state index contributed by atoms with van der Waals surface area (Å²) in [5, 5.41) is 13.6. The van der Waals surface area contributed by atoms with Gasteiger partial charge in [0.2, 0.25) is 46.6 Å². The molecule has 5 aromatic carbocycles. The number of nitrogen functional groups attached to an aromatic ring is 2. The van der Waals surface area contributed by atoms with Gasteiger partial charge in [-0.2, -0.15) is 9.97 Å². The standard InChI is InChI=1S/C23H28ClN7O2S.C12H12Cl2N4O2S.C12H19N3.C8H12N2O2S.C4HCl3N2/c1-30(2)34(32,33)21-6-4-3-5-20(21)28-22-19(24)15-26-23(29-22)27-18-9-7-17(8-10-18)16-31-13-11-25-12-14-31;1-18(2)21(19,20)10-6-4-3-5-9(10)16-11-8(13)7-15-12(14)17-11;1-14-6-8-15(9-7-14)10-11-2-4-12(13)5-3-11;1-10(2)13(11,12)8-6-4-3-5-7(8)9;5-2-1-8-4(7)9-3(2)6/h3-10,15,25H,11-14,16H2,1-2H3,(H2,26,27,28,29);3-7H,1-2H3,(H,15,16,17);2-5H,6-10,13H2,1H3;3-6H,9H2,1-2H3;1H. The zero-order valence-corrected chi connectivity index (χ0v) is 58.3. The highest BCUT2D eigenvalue weighted by Gasteiger charge is 2.24. The summed E-state index contributed by atoms with van der Waals surface area (Å²) < 4.78 is 76.6. The Labute approximate surface area is 568 Å². The lowest BCUT2D eigenvalue weighted by atomic mass is 10.2. The number of rotatable bonds is 16. The van der Waals surface area contributed by atoms with Crippen LogP contribution in [0, 0.1) is 0 Å². The first-order valence-corrected chi connectivity index (χ1v) is 34.6. The highest BCUT2D eigenvalue weighted by atomic mass is 35.5. The topological polar surface area (TPSA) is 299 Å². The van der Waals surface area contributed by atoms with Crippen LogP contribution in [0.5, 0.6) is 0 Å². The van der Waals surface area contributed by atoms with Crippen LogP contribution in [-0.2, 0) is 43.2 Å². The van der Waals surface area contributed by atoms with Crippen molar-refractivity contribution in [2.45, 2.75) is 27.8 Å². The average Bonchev–Trinajstić information content (AvgIpc) is 0.846. The Morgan fingerprint density at radius 3 is 1.37 bits per heavy atom. The summed E-state index contributed by atoms with van der Waals surface area (Å²) in [5.41, 5.74) is 16.5. The number of benzene rings is 5. The maximum atomic E-state index is 12.7. The van der Waals surface area contributed by atoms with Gasteiger partial charge in [-0.05, 0) is 102 Å². The Kier molecular flexibility index (Phi) is 28.6. The van der Waals surface area contributed by atoms with E-state index in [2.05, 4.69) is 97.2 Å². The third kappa shape index (κ3) is 22.4. The average molecular weight is 1440 g/mol. The van der Waals surface area contributed by atoms with Crippen molar-refractivity contribution < 1.29 is 25.3 Å². The number of nitrogens with one attached hydrogen (secondary N) is 4. The highest BCUT2D eigenvalue weighted by Crippen LogP contribution is 2.32. The van der Waals surface area contributed by atoms with Crippen LogP contribution >= 0.6 is 69.6 Å². The quantitative estimate of drug-likeness (QED) is 0.0298. The summed E-state index contributed by atoms with van der Waals surface area (Å²) in [7, 11) is 0.370. The third-order valence-electron chi connectivity index (χ3n) is 13.4. The van der Waals surface area contributed by atoms with E-state index in [0.29, 0.717) is 28.2 Å². The Hall–Kier alpha value is -6.35. The Morgan fingerprint density at radius 1 is 0.478 bits per heavy atom. The number of aromatic nitrogens is 6. The molecule has 0 amide bonds. The van der Waals surface area contributed by atoms with Crippen LogP contribution in [0.15, 0.2) is 155 Å². The van der Waals surface area contributed by atoms with E-state index in [4.69, 9.17) is 81.1 Å². The van der Waals surface area contributed by atoms with E-state index >= 15 is 0 Å². The molecule has 2 fully saturated rings. The predicted molar refractivity (Wildman–Crippen MR) is 371 cm³/mol. The van der Waals surface area contributed by atoms with Gasteiger partial charge in [-0.3, -0.25) is 9.80 Å². The van der Waals surface area contributed by atoms with Crippen LogP contribution in [0.1, 0.15) is 11.1 Å². The molecular formula is C59H72Cl6N18O6S3. The Morgan fingerprint density at radius 2 is 0.891 bits per heavy atom. The number of nitrogens with zero attached hydrogens (tertiary/aromatic N) is 12. The molecule has 0 saturated carbocycles. The molecule has 8 N–H and O–H groups in total. The number of halogens is 6. The van der Waals surface area contributed by atoms with Crippen molar-refractivity contribution in [3.05, 3.63) is 182 Å². The minimum absolute atomic E-state index is 0.00912. The number of nitrogens with two attached hydrogens (primary N) is 2. The molecule has 0 radical (unpaired) electrons. The second-order valence-electron chi connectivity index (χ2n) is 20.8. The van der Waals surface area contributed by atoms with Crippen molar-refractivity contribution in [2.24, 2.45) is 0 Å². The van der Waals surface area contributed by atoms with Gasteiger partial charge in [0, 0.05) is 119 Å². The number of hydrogen-bond acceptors (Lipinski definition) is 21. The normalized spacial score (nSPS) is 13.9. The summed E-state index contributed by atoms with van der Waals surface area (Å²) in [5.74, 6) is 0.878. The fraction of sp³-hybridized carbons (Fsp3) is 0.288. The molecule has 2 aliphatic heterocycles. The molecule has 24 nitrogen and oxygen atoms in total. The number of anilines is 8. The summed E-state index contributed by atoms with van der Waals surface area (Å²) in [6.45, 7) is 10.8. The molecule has 2 saturated heterocycles. The zero-order valence-electron chi connectivity index (χ0n) is 51.3. The number of sulfonamides is 3. The molecule has 33 heteroatoms. The van der Waals surface area contributed by atoms with Gasteiger partial charge < -0.3 is 37.6 Å². The second-order valence-corrected chi connectivity index (χ2v) is 29.4. The molecule has 0 bridgehead atoms. The number of para-hydroxylation sites is 3. The second kappa shape index (κ2) is 35.2. The molecule has 10 rings (SSSR count). The number of likely N-dealkylation sites (N-methyl/N-ethyl adjacent to an activating group) is 1. The van der Waals surface area contributed by atoms with Crippen molar-refractivity contribution in [2.75, 3.05) is 129 Å². The zero-order chi connectivity index (χ0) is 67.3. The maximum absolute atomic E-state index is 12.7. The number of hydrogen-bond donors (Lipinski definition) is 6. The summed E-state index contributed by atoms with van der Waals surface area (Å²) in [6.07, 6.45) is 4.16. The first-order chi connectivity index (χ1) is 43.5. The van der Waals surface area contributed by atoms with Gasteiger partial charge in [0.05, 0.1) is 40.7 Å². The Bertz CT molecular complexity index is 4050. The van der Waals surface area contributed by atoms with Crippen LogP contribution in [-0.4, -0.2) is 184 Å². The van der Waals surface area contributed by atoms with Gasteiger partial charge in [0.1, 0.15) is 24.7 Å². The minimum Gasteiger partial charge on any atom is -0.399 e. The van der Waals surface area contributed by atoms with Crippen molar-refractivity contribution in [1.29, 1.82) is 0 Å². The lowest BCUT2D eigenvalue weighted by molar-refractivity contribution is 0.148. The van der Waals surface area contributed by atoms with Gasteiger partial charge in [0.15, 0.2) is 16.8 Å². The van der Waals surface area contributed by atoms with Crippen molar-refractivity contribution in [1.82, 2.24) is 62.8 Å². The summed E-state index contributed by atoms with van der Waals surface area (Å²) in [6, 6.07) is 35.8. The van der Waals surface area contributed by atoms with E-state index in [9.17, 15) is 25.3 Å². The molecule has 0 spiro atoms. The molecular weight excluding hydrogens is 1370 g/mol. The number of piperazine rings is 2. The van der Waals surface area contributed by atoms with E-state index in [1.165, 1.54) is 116 Å².